The molecule has 2 aromatic rings. The van der Waals surface area contributed by atoms with E-state index in [4.69, 9.17) is 4.42 Å². The average molecular weight is 202 g/mol. The fourth-order valence-electron chi connectivity index (χ4n) is 1.05. The van der Waals surface area contributed by atoms with Gasteiger partial charge in [-0.05, 0) is 30.7 Å². The van der Waals surface area contributed by atoms with Gasteiger partial charge < -0.3 is 4.42 Å². The predicted molar refractivity (Wildman–Crippen MR) is 56.3 cm³/mol. The van der Waals surface area contributed by atoms with Gasteiger partial charge in [0.2, 0.25) is 0 Å². The van der Waals surface area contributed by atoms with Crippen LogP contribution in [0, 0.1) is 0 Å². The average Bonchev–Trinajstić information content (AvgIpc) is 2.86. The van der Waals surface area contributed by atoms with Crippen molar-refractivity contribution in [3.8, 4) is 0 Å². The third-order valence-electron chi connectivity index (χ3n) is 1.71. The lowest BCUT2D eigenvalue weighted by molar-refractivity contribution is 0.557. The van der Waals surface area contributed by atoms with E-state index in [1.807, 2.05) is 25.1 Å². The SMILES string of the molecule is CC(/C=N\n1cnnc1)=C\c1ccco1. The van der Waals surface area contributed by atoms with Crippen LogP contribution >= 0.6 is 0 Å². The van der Waals surface area contributed by atoms with Gasteiger partial charge >= 0.3 is 0 Å². The molecule has 2 aromatic heterocycles. The van der Waals surface area contributed by atoms with Crippen molar-refractivity contribution >= 4 is 12.3 Å². The van der Waals surface area contributed by atoms with E-state index in [1.165, 1.54) is 17.3 Å². The summed E-state index contributed by atoms with van der Waals surface area (Å²) in [4.78, 5) is 0. The summed E-state index contributed by atoms with van der Waals surface area (Å²) in [5.74, 6) is 0.808. The molecule has 0 aromatic carbocycles. The molecular formula is C10H10N4O. The second-order valence-electron chi connectivity index (χ2n) is 2.99. The van der Waals surface area contributed by atoms with Crippen LogP contribution in [0.2, 0.25) is 0 Å². The van der Waals surface area contributed by atoms with Crippen LogP contribution in [-0.4, -0.2) is 21.1 Å². The van der Waals surface area contributed by atoms with Gasteiger partial charge in [0.25, 0.3) is 0 Å². The van der Waals surface area contributed by atoms with Crippen molar-refractivity contribution in [1.29, 1.82) is 0 Å². The van der Waals surface area contributed by atoms with E-state index in [0.29, 0.717) is 0 Å². The van der Waals surface area contributed by atoms with Crippen molar-refractivity contribution < 1.29 is 4.42 Å². The Kier molecular flexibility index (Phi) is 2.73. The normalized spacial score (nSPS) is 12.5. The maximum atomic E-state index is 5.17. The van der Waals surface area contributed by atoms with Crippen LogP contribution in [-0.2, 0) is 0 Å². The standard InChI is InChI=1S/C10H10N4O/c1-9(5-10-3-2-4-15-10)6-13-14-7-11-12-8-14/h2-8H,1H3/b9-5+,13-6-. The van der Waals surface area contributed by atoms with Gasteiger partial charge in [0.15, 0.2) is 0 Å². The summed E-state index contributed by atoms with van der Waals surface area (Å²) >= 11 is 0. The number of furan rings is 1. The number of hydrogen-bond donors (Lipinski definition) is 0. The molecule has 2 rings (SSSR count). The molecule has 0 aliphatic carbocycles. The Morgan fingerprint density at radius 1 is 1.47 bits per heavy atom. The van der Waals surface area contributed by atoms with E-state index in [9.17, 15) is 0 Å². The molecule has 0 N–H and O–H groups in total. The highest BCUT2D eigenvalue weighted by atomic mass is 16.3. The highest BCUT2D eigenvalue weighted by Gasteiger charge is 1.90. The number of aromatic nitrogens is 3. The Balaban J connectivity index is 2.06. The fraction of sp³-hybridized carbons (Fsp3) is 0.100. The Morgan fingerprint density at radius 3 is 2.93 bits per heavy atom. The minimum Gasteiger partial charge on any atom is -0.465 e. The summed E-state index contributed by atoms with van der Waals surface area (Å²) < 4.78 is 6.70. The Bertz CT molecular complexity index is 454. The number of hydrogen-bond acceptors (Lipinski definition) is 4. The first kappa shape index (κ1) is 9.39. The number of rotatable bonds is 3. The van der Waals surface area contributed by atoms with Gasteiger partial charge in [0.1, 0.15) is 18.4 Å². The van der Waals surface area contributed by atoms with Crippen molar-refractivity contribution in [2.75, 3.05) is 0 Å². The van der Waals surface area contributed by atoms with Crippen LogP contribution < -0.4 is 0 Å². The molecule has 2 heterocycles. The molecule has 0 spiro atoms. The quantitative estimate of drug-likeness (QED) is 0.713. The summed E-state index contributed by atoms with van der Waals surface area (Å²) in [5.41, 5.74) is 0.985. The molecule has 0 fully saturated rings. The maximum Gasteiger partial charge on any atom is 0.141 e. The van der Waals surface area contributed by atoms with Crippen LogP contribution in [0.15, 0.2) is 46.1 Å². The first-order chi connectivity index (χ1) is 7.34. The molecule has 0 radical (unpaired) electrons. The minimum absolute atomic E-state index is 0.808. The molecule has 0 saturated heterocycles. The van der Waals surface area contributed by atoms with Gasteiger partial charge in [-0.15, -0.1) is 10.2 Å². The second kappa shape index (κ2) is 4.36. The largest absolute Gasteiger partial charge is 0.465 e. The van der Waals surface area contributed by atoms with Crippen LogP contribution in [0.3, 0.4) is 0 Å². The summed E-state index contributed by atoms with van der Waals surface area (Å²) in [6, 6.07) is 3.73. The first-order valence-corrected chi connectivity index (χ1v) is 4.45. The molecular weight excluding hydrogens is 192 g/mol. The first-order valence-electron chi connectivity index (χ1n) is 4.45. The van der Waals surface area contributed by atoms with E-state index in [2.05, 4.69) is 15.3 Å². The highest BCUT2D eigenvalue weighted by Crippen LogP contribution is 2.05. The van der Waals surface area contributed by atoms with Crippen molar-refractivity contribution in [2.24, 2.45) is 5.10 Å². The molecule has 0 aliphatic heterocycles. The third-order valence-corrected chi connectivity index (χ3v) is 1.71. The van der Waals surface area contributed by atoms with E-state index < -0.39 is 0 Å². The summed E-state index contributed by atoms with van der Waals surface area (Å²) in [7, 11) is 0. The van der Waals surface area contributed by atoms with E-state index in [1.54, 1.807) is 12.5 Å². The van der Waals surface area contributed by atoms with Gasteiger partial charge in [0.05, 0.1) is 12.5 Å². The summed E-state index contributed by atoms with van der Waals surface area (Å²) in [5, 5.41) is 11.4. The van der Waals surface area contributed by atoms with Gasteiger partial charge in [0, 0.05) is 0 Å². The monoisotopic (exact) mass is 202 g/mol. The van der Waals surface area contributed by atoms with Crippen LogP contribution in [0.4, 0.5) is 0 Å². The topological polar surface area (TPSA) is 56.2 Å². The van der Waals surface area contributed by atoms with Gasteiger partial charge in [-0.2, -0.15) is 5.10 Å². The molecule has 5 heteroatoms. The van der Waals surface area contributed by atoms with Gasteiger partial charge in [-0.3, -0.25) is 0 Å². The van der Waals surface area contributed by atoms with Crippen LogP contribution in [0.25, 0.3) is 6.08 Å². The predicted octanol–water partition coefficient (Wildman–Crippen LogP) is 1.81. The Labute approximate surface area is 86.7 Å². The number of nitrogens with zero attached hydrogens (tertiary/aromatic N) is 4. The molecule has 76 valence electrons. The molecule has 0 unspecified atom stereocenters. The Morgan fingerprint density at radius 2 is 2.27 bits per heavy atom. The lowest BCUT2D eigenvalue weighted by Gasteiger charge is -1.90. The molecule has 0 saturated carbocycles. The summed E-state index contributed by atoms with van der Waals surface area (Å²) in [6.45, 7) is 1.94. The number of allylic oxidation sites excluding steroid dienone is 1. The molecule has 0 aliphatic rings. The van der Waals surface area contributed by atoms with Crippen molar-refractivity contribution in [3.63, 3.8) is 0 Å². The lowest BCUT2D eigenvalue weighted by atomic mass is 10.3. The summed E-state index contributed by atoms with van der Waals surface area (Å²) in [6.07, 6.45) is 8.29. The smallest absolute Gasteiger partial charge is 0.141 e. The van der Waals surface area contributed by atoms with Crippen LogP contribution in [0.5, 0.6) is 0 Å². The van der Waals surface area contributed by atoms with Crippen molar-refractivity contribution in [3.05, 3.63) is 42.4 Å². The molecule has 0 atom stereocenters. The fourth-order valence-corrected chi connectivity index (χ4v) is 1.05. The van der Waals surface area contributed by atoms with Crippen molar-refractivity contribution in [1.82, 2.24) is 14.9 Å². The Hall–Kier alpha value is -2.17. The minimum atomic E-state index is 0.808. The van der Waals surface area contributed by atoms with E-state index in [-0.39, 0.29) is 0 Å². The zero-order valence-electron chi connectivity index (χ0n) is 8.24. The highest BCUT2D eigenvalue weighted by molar-refractivity contribution is 5.83. The zero-order valence-corrected chi connectivity index (χ0v) is 8.24. The lowest BCUT2D eigenvalue weighted by Crippen LogP contribution is -1.85. The van der Waals surface area contributed by atoms with Crippen LogP contribution in [0.1, 0.15) is 12.7 Å². The van der Waals surface area contributed by atoms with E-state index in [0.717, 1.165) is 11.3 Å². The molecule has 15 heavy (non-hydrogen) atoms. The van der Waals surface area contributed by atoms with Crippen molar-refractivity contribution in [2.45, 2.75) is 6.92 Å². The molecule has 0 bridgehead atoms. The van der Waals surface area contributed by atoms with E-state index >= 15 is 0 Å². The third kappa shape index (κ3) is 2.63. The van der Waals surface area contributed by atoms with Gasteiger partial charge in [-0.1, -0.05) is 0 Å². The second-order valence-corrected chi connectivity index (χ2v) is 2.99. The molecule has 5 nitrogen and oxygen atoms in total. The van der Waals surface area contributed by atoms with Gasteiger partial charge in [-0.25, -0.2) is 4.68 Å². The zero-order chi connectivity index (χ0) is 10.5. The maximum absolute atomic E-state index is 5.17. The molecule has 0 amide bonds.